The molecule has 1 atom stereocenters. The molecule has 2 N–H and O–H groups in total. The number of aromatic nitrogens is 1. The molecule has 2 aromatic rings. The fraction of sp³-hybridized carbons (Fsp3) is 0.333. The van der Waals surface area contributed by atoms with Crippen LogP contribution in [-0.2, 0) is 4.79 Å². The topological polar surface area (TPSA) is 71.2 Å². The molecule has 1 saturated heterocycles. The van der Waals surface area contributed by atoms with Crippen molar-refractivity contribution in [2.45, 2.75) is 44.0 Å². The first-order valence-corrected chi connectivity index (χ1v) is 9.39. The van der Waals surface area contributed by atoms with Crippen molar-refractivity contribution in [1.82, 2.24) is 10.3 Å². The fourth-order valence-corrected chi connectivity index (χ4v) is 3.50. The average Bonchev–Trinajstić information content (AvgIpc) is 3.41. The molecule has 1 aliphatic heterocycles. The normalized spacial score (nSPS) is 19.9. The number of halogens is 3. The van der Waals surface area contributed by atoms with Crippen molar-refractivity contribution in [2.75, 3.05) is 0 Å². The Morgan fingerprint density at radius 2 is 1.76 bits per heavy atom. The lowest BCUT2D eigenvalue weighted by Gasteiger charge is -2.14. The highest BCUT2D eigenvalue weighted by atomic mass is 19.4. The number of nitrogens with one attached hydrogen (secondary N) is 2. The lowest BCUT2D eigenvalue weighted by atomic mass is 9.98. The summed E-state index contributed by atoms with van der Waals surface area (Å²) in [6.45, 7) is 0. The number of hydrogen-bond acceptors (Lipinski definition) is 3. The molecule has 0 radical (unpaired) electrons. The minimum atomic E-state index is -4.77. The molecule has 4 rings (SSSR count). The summed E-state index contributed by atoms with van der Waals surface area (Å²) in [4.78, 5) is 26.9. The molecule has 1 aromatic carbocycles. The molecular formula is C21H19F3N2O3. The van der Waals surface area contributed by atoms with Gasteiger partial charge >= 0.3 is 6.36 Å². The van der Waals surface area contributed by atoms with E-state index < -0.39 is 6.36 Å². The minimum absolute atomic E-state index is 0.0582. The summed E-state index contributed by atoms with van der Waals surface area (Å²) >= 11 is 0. The molecule has 1 amide bonds. The lowest BCUT2D eigenvalue weighted by Crippen LogP contribution is -2.23. The van der Waals surface area contributed by atoms with Crippen LogP contribution in [0.2, 0.25) is 0 Å². The van der Waals surface area contributed by atoms with Crippen LogP contribution in [0.3, 0.4) is 0 Å². The van der Waals surface area contributed by atoms with Crippen LogP contribution in [0.25, 0.3) is 5.57 Å². The second-order valence-corrected chi connectivity index (χ2v) is 7.30. The smallest absolute Gasteiger partial charge is 0.406 e. The Morgan fingerprint density at radius 3 is 2.31 bits per heavy atom. The zero-order valence-electron chi connectivity index (χ0n) is 15.4. The molecule has 5 nitrogen and oxygen atoms in total. The van der Waals surface area contributed by atoms with E-state index in [2.05, 4.69) is 15.0 Å². The Kier molecular flexibility index (Phi) is 4.94. The van der Waals surface area contributed by atoms with Gasteiger partial charge in [-0.05, 0) is 48.9 Å². The van der Waals surface area contributed by atoms with E-state index in [1.54, 1.807) is 12.1 Å². The third kappa shape index (κ3) is 4.70. The molecule has 0 unspecified atom stereocenters. The lowest BCUT2D eigenvalue weighted by molar-refractivity contribution is -0.274. The van der Waals surface area contributed by atoms with Gasteiger partial charge < -0.3 is 15.0 Å². The van der Waals surface area contributed by atoms with Crippen LogP contribution < -0.4 is 15.6 Å². The SMILES string of the molecule is O=C1CC[C@H](/C=C(/c2ccc(OC(F)(F)F)cc2)c2ccc(C3CC3)c(=O)[nH]2)N1. The Labute approximate surface area is 164 Å². The molecule has 2 aliphatic rings. The number of benzene rings is 1. The van der Waals surface area contributed by atoms with Crippen molar-refractivity contribution in [3.8, 4) is 5.75 Å². The van der Waals surface area contributed by atoms with Crippen LogP contribution in [0, 0.1) is 0 Å². The first-order valence-electron chi connectivity index (χ1n) is 9.39. The maximum atomic E-state index is 12.5. The largest absolute Gasteiger partial charge is 0.573 e. The van der Waals surface area contributed by atoms with Crippen LogP contribution in [0.5, 0.6) is 5.75 Å². The minimum Gasteiger partial charge on any atom is -0.406 e. The number of ether oxygens (including phenoxy) is 1. The number of rotatable bonds is 5. The van der Waals surface area contributed by atoms with Gasteiger partial charge in [0, 0.05) is 29.3 Å². The van der Waals surface area contributed by atoms with Gasteiger partial charge in [-0.1, -0.05) is 24.3 Å². The number of carbonyl (C=O) groups is 1. The molecule has 1 saturated carbocycles. The van der Waals surface area contributed by atoms with Crippen molar-refractivity contribution < 1.29 is 22.7 Å². The van der Waals surface area contributed by atoms with E-state index in [1.807, 2.05) is 6.08 Å². The van der Waals surface area contributed by atoms with Crippen molar-refractivity contribution in [3.05, 3.63) is 69.6 Å². The Hall–Kier alpha value is -3.03. The summed E-state index contributed by atoms with van der Waals surface area (Å²) in [5.74, 6) is -0.0856. The van der Waals surface area contributed by atoms with Crippen molar-refractivity contribution in [1.29, 1.82) is 0 Å². The zero-order chi connectivity index (χ0) is 20.6. The van der Waals surface area contributed by atoms with Gasteiger partial charge in [0.15, 0.2) is 0 Å². The highest BCUT2D eigenvalue weighted by Gasteiger charge is 2.31. The quantitative estimate of drug-likeness (QED) is 0.795. The Bertz CT molecular complexity index is 1010. The van der Waals surface area contributed by atoms with Crippen molar-refractivity contribution >= 4 is 11.5 Å². The summed E-state index contributed by atoms with van der Waals surface area (Å²) in [6.07, 6.45) is 0.0799. The number of alkyl halides is 3. The van der Waals surface area contributed by atoms with E-state index in [-0.39, 0.29) is 23.3 Å². The second kappa shape index (κ2) is 7.42. The molecule has 0 spiro atoms. The average molecular weight is 404 g/mol. The van der Waals surface area contributed by atoms with Gasteiger partial charge in [0.2, 0.25) is 5.91 Å². The molecule has 0 bridgehead atoms. The standard InChI is InChI=1S/C21H19F3N2O3/c22-21(23,24)29-15-6-3-13(4-7-15)17(11-14-5-10-19(27)25-14)18-9-8-16(12-1-2-12)20(28)26-18/h3-4,6-9,11-12,14H,1-2,5,10H2,(H,25,27)(H,26,28)/b17-11-/t14-/m1/s1. The molecule has 1 aromatic heterocycles. The highest BCUT2D eigenvalue weighted by Crippen LogP contribution is 2.38. The Balaban J connectivity index is 1.69. The van der Waals surface area contributed by atoms with Gasteiger partial charge in [0.05, 0.1) is 0 Å². The summed E-state index contributed by atoms with van der Waals surface area (Å²) in [5, 5.41) is 2.84. The third-order valence-electron chi connectivity index (χ3n) is 5.04. The van der Waals surface area contributed by atoms with Crippen LogP contribution in [-0.4, -0.2) is 23.3 Å². The van der Waals surface area contributed by atoms with E-state index in [1.165, 1.54) is 24.3 Å². The Morgan fingerprint density at radius 1 is 1.03 bits per heavy atom. The predicted octanol–water partition coefficient (Wildman–Crippen LogP) is 3.86. The maximum Gasteiger partial charge on any atom is 0.573 e. The first-order chi connectivity index (χ1) is 13.8. The summed E-state index contributed by atoms with van der Waals surface area (Å²) < 4.78 is 41.2. The molecule has 2 fully saturated rings. The van der Waals surface area contributed by atoms with Gasteiger partial charge in [-0.25, -0.2) is 0 Å². The highest BCUT2D eigenvalue weighted by molar-refractivity contribution is 5.82. The monoisotopic (exact) mass is 404 g/mol. The van der Waals surface area contributed by atoms with Crippen LogP contribution in [0.1, 0.15) is 48.4 Å². The number of pyridine rings is 1. The van der Waals surface area contributed by atoms with Crippen molar-refractivity contribution in [2.24, 2.45) is 0 Å². The predicted molar refractivity (Wildman–Crippen MR) is 100 cm³/mol. The summed E-state index contributed by atoms with van der Waals surface area (Å²) in [5.41, 5.74) is 2.37. The van der Waals surface area contributed by atoms with E-state index in [9.17, 15) is 22.8 Å². The van der Waals surface area contributed by atoms with Crippen LogP contribution in [0.15, 0.2) is 47.3 Å². The zero-order valence-corrected chi connectivity index (χ0v) is 15.4. The van der Waals surface area contributed by atoms with Gasteiger partial charge in [-0.2, -0.15) is 0 Å². The van der Waals surface area contributed by atoms with Crippen LogP contribution in [0.4, 0.5) is 13.2 Å². The van der Waals surface area contributed by atoms with Gasteiger partial charge in [0.1, 0.15) is 5.75 Å². The fourth-order valence-electron chi connectivity index (χ4n) is 3.50. The first kappa shape index (κ1) is 19.3. The molecule has 29 heavy (non-hydrogen) atoms. The van der Waals surface area contributed by atoms with E-state index in [0.29, 0.717) is 35.6 Å². The number of amides is 1. The number of carbonyl (C=O) groups excluding carboxylic acids is 1. The molecule has 8 heteroatoms. The summed E-state index contributed by atoms with van der Waals surface area (Å²) in [7, 11) is 0. The second-order valence-electron chi connectivity index (χ2n) is 7.30. The molecule has 152 valence electrons. The van der Waals surface area contributed by atoms with E-state index in [0.717, 1.165) is 18.4 Å². The number of H-pyrrole nitrogens is 1. The maximum absolute atomic E-state index is 12.5. The molecule has 2 heterocycles. The van der Waals surface area contributed by atoms with Crippen molar-refractivity contribution in [3.63, 3.8) is 0 Å². The van der Waals surface area contributed by atoms with Gasteiger partial charge in [-0.3, -0.25) is 9.59 Å². The van der Waals surface area contributed by atoms with Crippen LogP contribution >= 0.6 is 0 Å². The molecular weight excluding hydrogens is 385 g/mol. The van der Waals surface area contributed by atoms with E-state index in [4.69, 9.17) is 0 Å². The van der Waals surface area contributed by atoms with Gasteiger partial charge in [0.25, 0.3) is 5.56 Å². The number of hydrogen-bond donors (Lipinski definition) is 2. The summed E-state index contributed by atoms with van der Waals surface area (Å²) in [6, 6.07) is 8.83. The number of aromatic amines is 1. The van der Waals surface area contributed by atoms with Gasteiger partial charge in [-0.15, -0.1) is 13.2 Å². The van der Waals surface area contributed by atoms with E-state index >= 15 is 0 Å². The molecule has 1 aliphatic carbocycles. The third-order valence-corrected chi connectivity index (χ3v) is 5.04.